The van der Waals surface area contributed by atoms with E-state index in [1.54, 1.807) is 11.7 Å². The van der Waals surface area contributed by atoms with E-state index in [-0.39, 0.29) is 23.6 Å². The highest BCUT2D eigenvalue weighted by Gasteiger charge is 2.16. The van der Waals surface area contributed by atoms with Crippen LogP contribution in [0, 0.1) is 17.0 Å². The zero-order chi connectivity index (χ0) is 14.7. The van der Waals surface area contributed by atoms with E-state index in [1.807, 2.05) is 13.0 Å². The van der Waals surface area contributed by atoms with Gasteiger partial charge in [-0.05, 0) is 25.1 Å². The van der Waals surface area contributed by atoms with E-state index in [2.05, 4.69) is 5.10 Å². The lowest BCUT2D eigenvalue weighted by Crippen LogP contribution is -2.04. The number of benzene rings is 1. The number of aldehydes is 1. The molecule has 2 aromatic rings. The standard InChI is InChI=1S/C13H13N3O4/c1-9-5-11(15(2)14-9)8-20-13-4-3-10(7-17)6-12(13)16(18)19/h3-7H,8H2,1-2H3. The second-order valence-corrected chi connectivity index (χ2v) is 4.29. The largest absolute Gasteiger partial charge is 0.480 e. The number of rotatable bonds is 5. The molecule has 0 bridgehead atoms. The number of nitro benzene ring substituents is 1. The maximum Gasteiger partial charge on any atom is 0.311 e. The predicted octanol–water partition coefficient (Wildman–Crippen LogP) is 2.03. The summed E-state index contributed by atoms with van der Waals surface area (Å²) >= 11 is 0. The topological polar surface area (TPSA) is 87.3 Å². The first kappa shape index (κ1) is 13.7. The number of nitro groups is 1. The van der Waals surface area contributed by atoms with Gasteiger partial charge in [0.1, 0.15) is 12.9 Å². The van der Waals surface area contributed by atoms with Crippen molar-refractivity contribution in [3.8, 4) is 5.75 Å². The van der Waals surface area contributed by atoms with E-state index in [0.717, 1.165) is 11.4 Å². The van der Waals surface area contributed by atoms with Crippen LogP contribution in [0.15, 0.2) is 24.3 Å². The Hall–Kier alpha value is -2.70. The van der Waals surface area contributed by atoms with Crippen molar-refractivity contribution in [1.82, 2.24) is 9.78 Å². The van der Waals surface area contributed by atoms with Gasteiger partial charge >= 0.3 is 5.69 Å². The molecule has 0 fully saturated rings. The van der Waals surface area contributed by atoms with Crippen LogP contribution in [0.3, 0.4) is 0 Å². The predicted molar refractivity (Wildman–Crippen MR) is 70.8 cm³/mol. The molecule has 0 unspecified atom stereocenters. The molecule has 0 spiro atoms. The van der Waals surface area contributed by atoms with Crippen LogP contribution in [0.25, 0.3) is 0 Å². The third-order valence-electron chi connectivity index (χ3n) is 2.79. The molecular formula is C13H13N3O4. The molecule has 0 radical (unpaired) electrons. The number of carbonyl (C=O) groups excluding carboxylic acids is 1. The highest BCUT2D eigenvalue weighted by atomic mass is 16.6. The van der Waals surface area contributed by atoms with Gasteiger partial charge in [0.15, 0.2) is 5.75 Å². The molecule has 1 heterocycles. The average molecular weight is 275 g/mol. The Morgan fingerprint density at radius 2 is 2.20 bits per heavy atom. The molecule has 0 aliphatic carbocycles. The minimum Gasteiger partial charge on any atom is -0.480 e. The Balaban J connectivity index is 2.23. The van der Waals surface area contributed by atoms with Crippen LogP contribution < -0.4 is 4.74 Å². The third kappa shape index (κ3) is 2.82. The van der Waals surface area contributed by atoms with Gasteiger partial charge in [0.05, 0.1) is 16.3 Å². The number of aryl methyl sites for hydroxylation is 2. The van der Waals surface area contributed by atoms with Gasteiger partial charge in [0.25, 0.3) is 0 Å². The molecular weight excluding hydrogens is 262 g/mol. The first-order valence-corrected chi connectivity index (χ1v) is 5.87. The maximum atomic E-state index is 11.0. The zero-order valence-corrected chi connectivity index (χ0v) is 11.1. The molecule has 0 N–H and O–H groups in total. The number of aromatic nitrogens is 2. The molecule has 0 aliphatic heterocycles. The number of ether oxygens (including phenoxy) is 1. The fourth-order valence-electron chi connectivity index (χ4n) is 1.82. The van der Waals surface area contributed by atoms with Crippen LogP contribution in [-0.4, -0.2) is 21.0 Å². The summed E-state index contributed by atoms with van der Waals surface area (Å²) in [4.78, 5) is 21.0. The van der Waals surface area contributed by atoms with Crippen molar-refractivity contribution in [2.45, 2.75) is 13.5 Å². The number of carbonyl (C=O) groups is 1. The molecule has 7 nitrogen and oxygen atoms in total. The molecule has 1 aromatic heterocycles. The van der Waals surface area contributed by atoms with Gasteiger partial charge in [-0.15, -0.1) is 0 Å². The van der Waals surface area contributed by atoms with Crippen LogP contribution >= 0.6 is 0 Å². The van der Waals surface area contributed by atoms with Crippen LogP contribution in [0.5, 0.6) is 5.75 Å². The molecule has 104 valence electrons. The first-order valence-electron chi connectivity index (χ1n) is 5.87. The lowest BCUT2D eigenvalue weighted by atomic mass is 10.2. The molecule has 0 saturated heterocycles. The van der Waals surface area contributed by atoms with E-state index < -0.39 is 4.92 Å². The molecule has 2 rings (SSSR count). The fraction of sp³-hybridized carbons (Fsp3) is 0.231. The SMILES string of the molecule is Cc1cc(COc2ccc(C=O)cc2[N+](=O)[O-])n(C)n1. The lowest BCUT2D eigenvalue weighted by Gasteiger charge is -2.07. The van der Waals surface area contributed by atoms with Gasteiger partial charge < -0.3 is 4.74 Å². The summed E-state index contributed by atoms with van der Waals surface area (Å²) in [6.07, 6.45) is 0.557. The average Bonchev–Trinajstić information content (AvgIpc) is 2.74. The molecule has 7 heteroatoms. The van der Waals surface area contributed by atoms with Crippen molar-refractivity contribution in [2.75, 3.05) is 0 Å². The normalized spacial score (nSPS) is 10.3. The van der Waals surface area contributed by atoms with Crippen molar-refractivity contribution in [1.29, 1.82) is 0 Å². The quantitative estimate of drug-likeness (QED) is 0.473. The fourth-order valence-corrected chi connectivity index (χ4v) is 1.82. The summed E-state index contributed by atoms with van der Waals surface area (Å²) < 4.78 is 7.11. The van der Waals surface area contributed by atoms with Crippen molar-refractivity contribution in [3.05, 3.63) is 51.3 Å². The molecule has 0 atom stereocenters. The summed E-state index contributed by atoms with van der Waals surface area (Å²) in [5.74, 6) is 0.124. The Morgan fingerprint density at radius 1 is 1.45 bits per heavy atom. The van der Waals surface area contributed by atoms with Gasteiger partial charge in [-0.25, -0.2) is 0 Å². The van der Waals surface area contributed by atoms with Gasteiger partial charge in [-0.2, -0.15) is 5.10 Å². The number of hydrogen-bond donors (Lipinski definition) is 0. The van der Waals surface area contributed by atoms with Crippen molar-refractivity contribution >= 4 is 12.0 Å². The molecule has 0 saturated carbocycles. The Bertz CT molecular complexity index is 664. The molecule has 0 aliphatic rings. The Morgan fingerprint density at radius 3 is 2.75 bits per heavy atom. The summed E-state index contributed by atoms with van der Waals surface area (Å²) in [5, 5.41) is 15.1. The zero-order valence-electron chi connectivity index (χ0n) is 11.1. The van der Waals surface area contributed by atoms with Crippen LogP contribution in [0.1, 0.15) is 21.7 Å². The molecule has 0 amide bonds. The summed E-state index contributed by atoms with van der Waals surface area (Å²) in [7, 11) is 1.77. The van der Waals surface area contributed by atoms with Gasteiger partial charge in [-0.1, -0.05) is 0 Å². The van der Waals surface area contributed by atoms with Gasteiger partial charge in [0, 0.05) is 18.7 Å². The van der Waals surface area contributed by atoms with E-state index in [1.165, 1.54) is 18.2 Å². The van der Waals surface area contributed by atoms with Crippen molar-refractivity contribution in [3.63, 3.8) is 0 Å². The maximum absolute atomic E-state index is 11.0. The van der Waals surface area contributed by atoms with Crippen LogP contribution in [0.4, 0.5) is 5.69 Å². The van der Waals surface area contributed by atoms with E-state index in [4.69, 9.17) is 4.74 Å². The van der Waals surface area contributed by atoms with Crippen LogP contribution in [-0.2, 0) is 13.7 Å². The van der Waals surface area contributed by atoms with Crippen LogP contribution in [0.2, 0.25) is 0 Å². The van der Waals surface area contributed by atoms with E-state index >= 15 is 0 Å². The first-order chi connectivity index (χ1) is 9.51. The number of hydrogen-bond acceptors (Lipinski definition) is 5. The smallest absolute Gasteiger partial charge is 0.311 e. The van der Waals surface area contributed by atoms with Crippen molar-refractivity contribution < 1.29 is 14.5 Å². The Kier molecular flexibility index (Phi) is 3.79. The monoisotopic (exact) mass is 275 g/mol. The molecule has 20 heavy (non-hydrogen) atoms. The minimum atomic E-state index is -0.573. The minimum absolute atomic E-state index is 0.124. The highest BCUT2D eigenvalue weighted by molar-refractivity contribution is 5.77. The summed E-state index contributed by atoms with van der Waals surface area (Å²) in [6, 6.07) is 5.93. The summed E-state index contributed by atoms with van der Waals surface area (Å²) in [5.41, 5.74) is 1.65. The second kappa shape index (κ2) is 5.52. The molecule has 1 aromatic carbocycles. The summed E-state index contributed by atoms with van der Waals surface area (Å²) in [6.45, 7) is 2.02. The Labute approximate surface area is 114 Å². The lowest BCUT2D eigenvalue weighted by molar-refractivity contribution is -0.386. The second-order valence-electron chi connectivity index (χ2n) is 4.29. The van der Waals surface area contributed by atoms with Gasteiger partial charge in [0.2, 0.25) is 0 Å². The number of nitrogens with zero attached hydrogens (tertiary/aromatic N) is 3. The third-order valence-corrected chi connectivity index (χ3v) is 2.79. The van der Waals surface area contributed by atoms with Gasteiger partial charge in [-0.3, -0.25) is 19.6 Å². The van der Waals surface area contributed by atoms with E-state index in [0.29, 0.717) is 6.29 Å². The van der Waals surface area contributed by atoms with Crippen molar-refractivity contribution in [2.24, 2.45) is 7.05 Å². The van der Waals surface area contributed by atoms with E-state index in [9.17, 15) is 14.9 Å². The highest BCUT2D eigenvalue weighted by Crippen LogP contribution is 2.28.